The molecule has 0 N–H and O–H groups in total. The highest BCUT2D eigenvalue weighted by molar-refractivity contribution is 9.10. The van der Waals surface area contributed by atoms with Crippen LogP contribution in [0, 0.1) is 5.41 Å². The van der Waals surface area contributed by atoms with E-state index in [4.69, 9.17) is 0 Å². The average molecular weight is 340 g/mol. The summed E-state index contributed by atoms with van der Waals surface area (Å²) in [6.07, 6.45) is 1.52. The van der Waals surface area contributed by atoms with Crippen LogP contribution in [0.15, 0.2) is 28.7 Å². The zero-order valence-corrected chi connectivity index (χ0v) is 14.8. The molecule has 1 unspecified atom stereocenters. The number of nitrogens with zero attached hydrogens (tertiary/aromatic N) is 1. The number of hydrogen-bond acceptors (Lipinski definition) is 2. The monoisotopic (exact) mass is 339 g/mol. The summed E-state index contributed by atoms with van der Waals surface area (Å²) in [7, 11) is 2.14. The van der Waals surface area contributed by atoms with E-state index in [0.717, 1.165) is 23.0 Å². The van der Waals surface area contributed by atoms with E-state index in [9.17, 15) is 4.79 Å². The maximum Gasteiger partial charge on any atom is 0.162 e. The summed E-state index contributed by atoms with van der Waals surface area (Å²) in [4.78, 5) is 14.4. The van der Waals surface area contributed by atoms with Crippen molar-refractivity contribution in [2.75, 3.05) is 13.6 Å². The summed E-state index contributed by atoms with van der Waals surface area (Å²) in [6.45, 7) is 9.96. The van der Waals surface area contributed by atoms with Gasteiger partial charge in [-0.2, -0.15) is 0 Å². The van der Waals surface area contributed by atoms with Crippen molar-refractivity contribution >= 4 is 21.7 Å². The number of ketones is 1. The van der Waals surface area contributed by atoms with Gasteiger partial charge in [0, 0.05) is 22.5 Å². The molecule has 0 spiro atoms. The van der Waals surface area contributed by atoms with E-state index in [-0.39, 0.29) is 11.2 Å². The molecule has 0 saturated carbocycles. The Morgan fingerprint density at radius 2 is 1.80 bits per heavy atom. The van der Waals surface area contributed by atoms with Crippen molar-refractivity contribution in [2.24, 2.45) is 5.41 Å². The first kappa shape index (κ1) is 17.4. The Labute approximate surface area is 131 Å². The van der Waals surface area contributed by atoms with Gasteiger partial charge in [-0.1, -0.05) is 48.8 Å². The molecule has 20 heavy (non-hydrogen) atoms. The summed E-state index contributed by atoms with van der Waals surface area (Å²) in [5.74, 6) is 0.231. The molecule has 0 bridgehead atoms. The maximum atomic E-state index is 12.1. The molecular formula is C17H26BrNO. The zero-order valence-electron chi connectivity index (χ0n) is 13.2. The van der Waals surface area contributed by atoms with Crippen molar-refractivity contribution in [3.05, 3.63) is 34.3 Å². The Balaban J connectivity index is 2.41. The molecule has 1 aromatic rings. The van der Waals surface area contributed by atoms with E-state index in [1.807, 2.05) is 24.3 Å². The van der Waals surface area contributed by atoms with Crippen LogP contribution in [0.4, 0.5) is 0 Å². The van der Waals surface area contributed by atoms with Crippen molar-refractivity contribution in [3.8, 4) is 0 Å². The molecule has 0 aliphatic carbocycles. The van der Waals surface area contributed by atoms with Crippen LogP contribution in [0.1, 0.15) is 50.9 Å². The molecule has 0 saturated heterocycles. The second-order valence-corrected chi connectivity index (χ2v) is 7.47. The molecule has 112 valence electrons. The van der Waals surface area contributed by atoms with Gasteiger partial charge < -0.3 is 4.90 Å². The van der Waals surface area contributed by atoms with E-state index in [1.165, 1.54) is 0 Å². The Kier molecular flexibility index (Phi) is 6.41. The number of rotatable bonds is 6. The first-order chi connectivity index (χ1) is 9.21. The molecule has 0 radical (unpaired) electrons. The van der Waals surface area contributed by atoms with Gasteiger partial charge >= 0.3 is 0 Å². The van der Waals surface area contributed by atoms with Gasteiger partial charge in [0.15, 0.2) is 5.78 Å². The third-order valence-corrected chi connectivity index (χ3v) is 4.52. The van der Waals surface area contributed by atoms with Gasteiger partial charge in [-0.05, 0) is 44.5 Å². The molecule has 1 rings (SSSR count). The van der Waals surface area contributed by atoms with Gasteiger partial charge in [0.2, 0.25) is 0 Å². The molecule has 0 aliphatic heterocycles. The normalized spacial score (nSPS) is 13.6. The number of carbonyl (C=O) groups excluding carboxylic acids is 1. The standard InChI is InChI=1S/C17H26BrNO/c1-13(17(2,3)4)19(5)12-6-7-16(20)14-8-10-15(18)11-9-14/h8-11,13H,6-7,12H2,1-5H3. The molecule has 2 nitrogen and oxygen atoms in total. The van der Waals surface area contributed by atoms with Crippen molar-refractivity contribution < 1.29 is 4.79 Å². The van der Waals surface area contributed by atoms with Crippen LogP contribution in [0.3, 0.4) is 0 Å². The van der Waals surface area contributed by atoms with Crippen molar-refractivity contribution in [2.45, 2.75) is 46.6 Å². The van der Waals surface area contributed by atoms with Gasteiger partial charge in [-0.15, -0.1) is 0 Å². The van der Waals surface area contributed by atoms with Crippen LogP contribution in [0.5, 0.6) is 0 Å². The van der Waals surface area contributed by atoms with E-state index in [1.54, 1.807) is 0 Å². The third kappa shape index (κ3) is 5.37. The second-order valence-electron chi connectivity index (χ2n) is 6.56. The molecule has 0 fully saturated rings. The summed E-state index contributed by atoms with van der Waals surface area (Å²) in [5, 5.41) is 0. The van der Waals surface area contributed by atoms with Gasteiger partial charge in [0.05, 0.1) is 0 Å². The fraction of sp³-hybridized carbons (Fsp3) is 0.588. The molecular weight excluding hydrogens is 314 g/mol. The van der Waals surface area contributed by atoms with E-state index < -0.39 is 0 Å². The lowest BCUT2D eigenvalue weighted by Gasteiger charge is -2.35. The highest BCUT2D eigenvalue weighted by Crippen LogP contribution is 2.23. The average Bonchev–Trinajstić information content (AvgIpc) is 2.37. The number of benzene rings is 1. The van der Waals surface area contributed by atoms with Crippen LogP contribution >= 0.6 is 15.9 Å². The molecule has 1 atom stereocenters. The fourth-order valence-corrected chi connectivity index (χ4v) is 2.39. The predicted octanol–water partition coefficient (Wildman–Crippen LogP) is 4.78. The second kappa shape index (κ2) is 7.37. The van der Waals surface area contributed by atoms with Crippen LogP contribution in [-0.2, 0) is 0 Å². The summed E-state index contributed by atoms with van der Waals surface area (Å²) >= 11 is 3.38. The first-order valence-electron chi connectivity index (χ1n) is 7.21. The fourth-order valence-electron chi connectivity index (χ4n) is 2.12. The van der Waals surface area contributed by atoms with Gasteiger partial charge in [0.1, 0.15) is 0 Å². The van der Waals surface area contributed by atoms with Gasteiger partial charge in [-0.25, -0.2) is 0 Å². The highest BCUT2D eigenvalue weighted by atomic mass is 79.9. The van der Waals surface area contributed by atoms with Gasteiger partial charge in [-0.3, -0.25) is 4.79 Å². The Bertz CT molecular complexity index is 433. The minimum Gasteiger partial charge on any atom is -0.303 e. The summed E-state index contributed by atoms with van der Waals surface area (Å²) < 4.78 is 1.01. The smallest absolute Gasteiger partial charge is 0.162 e. The minimum absolute atomic E-state index is 0.231. The number of halogens is 1. The molecule has 0 aliphatic rings. The quantitative estimate of drug-likeness (QED) is 0.695. The summed E-state index contributed by atoms with van der Waals surface area (Å²) in [5.41, 5.74) is 1.07. The predicted molar refractivity (Wildman–Crippen MR) is 89.3 cm³/mol. The minimum atomic E-state index is 0.231. The van der Waals surface area contributed by atoms with Crippen molar-refractivity contribution in [1.29, 1.82) is 0 Å². The number of hydrogen-bond donors (Lipinski definition) is 0. The molecule has 0 amide bonds. The van der Waals surface area contributed by atoms with Crippen molar-refractivity contribution in [1.82, 2.24) is 4.90 Å². The lowest BCUT2D eigenvalue weighted by atomic mass is 9.87. The Morgan fingerprint density at radius 1 is 1.25 bits per heavy atom. The molecule has 3 heteroatoms. The maximum absolute atomic E-state index is 12.1. The van der Waals surface area contributed by atoms with Crippen LogP contribution < -0.4 is 0 Å². The topological polar surface area (TPSA) is 20.3 Å². The third-order valence-electron chi connectivity index (χ3n) is 4.00. The van der Waals surface area contributed by atoms with E-state index >= 15 is 0 Å². The largest absolute Gasteiger partial charge is 0.303 e. The van der Waals surface area contributed by atoms with Gasteiger partial charge in [0.25, 0.3) is 0 Å². The van der Waals surface area contributed by atoms with Crippen LogP contribution in [0.2, 0.25) is 0 Å². The Morgan fingerprint density at radius 3 is 2.30 bits per heavy atom. The van der Waals surface area contributed by atoms with Crippen molar-refractivity contribution in [3.63, 3.8) is 0 Å². The molecule has 1 aromatic carbocycles. The SMILES string of the molecule is CC(N(C)CCCC(=O)c1ccc(Br)cc1)C(C)(C)C. The Hall–Kier alpha value is -0.670. The van der Waals surface area contributed by atoms with E-state index in [2.05, 4.69) is 55.6 Å². The lowest BCUT2D eigenvalue weighted by molar-refractivity contribution is 0.0963. The number of Topliss-reactive ketones (excluding diaryl/α,β-unsaturated/α-hetero) is 1. The number of carbonyl (C=O) groups is 1. The van der Waals surface area contributed by atoms with Crippen LogP contribution in [-0.4, -0.2) is 30.3 Å². The first-order valence-corrected chi connectivity index (χ1v) is 8.00. The summed E-state index contributed by atoms with van der Waals surface area (Å²) in [6, 6.07) is 8.11. The van der Waals surface area contributed by atoms with E-state index in [0.29, 0.717) is 12.5 Å². The lowest BCUT2D eigenvalue weighted by Crippen LogP contribution is -2.39. The molecule has 0 heterocycles. The zero-order chi connectivity index (χ0) is 15.3. The van der Waals surface area contributed by atoms with Crippen LogP contribution in [0.25, 0.3) is 0 Å². The highest BCUT2D eigenvalue weighted by Gasteiger charge is 2.23. The molecule has 0 aromatic heterocycles.